The molecule has 13 nitrogen and oxygen atoms in total. The first-order chi connectivity index (χ1) is 18.3. The number of hydrogen-bond donors (Lipinski definition) is 2. The first-order valence-electron chi connectivity index (χ1n) is 12.2. The zero-order valence-electron chi connectivity index (χ0n) is 20.5. The van der Waals surface area contributed by atoms with Crippen LogP contribution in [0.4, 0.5) is 20.5 Å². The predicted octanol–water partition coefficient (Wildman–Crippen LogP) is 0.792. The zero-order valence-corrected chi connectivity index (χ0v) is 20.5. The summed E-state index contributed by atoms with van der Waals surface area (Å²) in [5, 5.41) is 6.50. The van der Waals surface area contributed by atoms with E-state index in [1.54, 1.807) is 0 Å². The molecule has 3 aromatic heterocycles. The van der Waals surface area contributed by atoms with Gasteiger partial charge in [-0.25, -0.2) is 9.67 Å². The standard InChI is InChI=1S/C15H17F2N9O2.C8H11NO/c16-14(17)26-7-9(5-21-26)25-8-20-11-12(19-6-10(18)27)22-15(23-13(11)25)24-1-3-28-4-2-24;1-2-8(10)9-4-6-3-7(6)5-9/h5,7-8,14H,1-4,6H2,(H2,18,27)(H,19,22,23);2,6-7H,1,3-5H2. The van der Waals surface area contributed by atoms with Crippen LogP contribution in [-0.4, -0.2) is 92.0 Å². The van der Waals surface area contributed by atoms with Gasteiger partial charge in [-0.1, -0.05) is 6.58 Å². The number of alkyl halides is 2. The van der Waals surface area contributed by atoms with Crippen LogP contribution in [0.25, 0.3) is 16.9 Å². The number of hydrogen-bond acceptors (Lipinski definition) is 9. The molecule has 0 bridgehead atoms. The number of rotatable bonds is 7. The number of fused-ring (bicyclic) bond motifs is 2. The van der Waals surface area contributed by atoms with E-state index in [9.17, 15) is 18.4 Å². The van der Waals surface area contributed by atoms with Crippen LogP contribution in [0.1, 0.15) is 13.0 Å². The third-order valence-electron chi connectivity index (χ3n) is 6.64. The van der Waals surface area contributed by atoms with E-state index in [1.807, 2.05) is 9.80 Å². The second-order valence-electron chi connectivity index (χ2n) is 9.24. The molecule has 2 atom stereocenters. The van der Waals surface area contributed by atoms with Crippen molar-refractivity contribution in [2.75, 3.05) is 56.2 Å². The Balaban J connectivity index is 0.000000244. The Morgan fingerprint density at radius 3 is 2.61 bits per heavy atom. The number of anilines is 2. The van der Waals surface area contributed by atoms with Gasteiger partial charge in [-0.3, -0.25) is 14.2 Å². The fourth-order valence-electron chi connectivity index (χ4n) is 4.54. The third kappa shape index (κ3) is 5.41. The number of likely N-dealkylation sites (tertiary alicyclic amines) is 1. The van der Waals surface area contributed by atoms with Crippen molar-refractivity contribution in [3.63, 3.8) is 0 Å². The summed E-state index contributed by atoms with van der Waals surface area (Å²) in [6.07, 6.45) is 6.68. The molecule has 0 radical (unpaired) electrons. The number of nitrogens with zero attached hydrogens (tertiary/aromatic N) is 8. The summed E-state index contributed by atoms with van der Waals surface area (Å²) in [6, 6.07) is 0. The monoisotopic (exact) mass is 530 g/mol. The van der Waals surface area contributed by atoms with Crippen LogP contribution >= 0.6 is 0 Å². The van der Waals surface area contributed by atoms with E-state index in [-0.39, 0.29) is 12.5 Å². The zero-order chi connectivity index (χ0) is 26.8. The lowest BCUT2D eigenvalue weighted by Gasteiger charge is -2.27. The topological polar surface area (TPSA) is 149 Å². The Morgan fingerprint density at radius 2 is 1.97 bits per heavy atom. The highest BCUT2D eigenvalue weighted by atomic mass is 19.3. The molecule has 6 rings (SSSR count). The number of nitrogens with two attached hydrogens (primary N) is 1. The van der Waals surface area contributed by atoms with E-state index in [0.717, 1.165) is 24.9 Å². The minimum absolute atomic E-state index is 0.104. The number of piperidine rings is 1. The molecule has 2 aliphatic heterocycles. The van der Waals surface area contributed by atoms with Gasteiger partial charge in [0.05, 0.1) is 37.8 Å². The molecule has 202 valence electrons. The average molecular weight is 531 g/mol. The van der Waals surface area contributed by atoms with Gasteiger partial charge in [-0.2, -0.15) is 23.8 Å². The van der Waals surface area contributed by atoms with Crippen molar-refractivity contribution >= 4 is 34.7 Å². The number of ether oxygens (including phenoxy) is 1. The lowest BCUT2D eigenvalue weighted by atomic mass is 10.4. The molecule has 15 heteroatoms. The van der Waals surface area contributed by atoms with Crippen molar-refractivity contribution < 1.29 is 23.1 Å². The molecule has 38 heavy (non-hydrogen) atoms. The fourth-order valence-corrected chi connectivity index (χ4v) is 4.54. The van der Waals surface area contributed by atoms with Crippen molar-refractivity contribution in [1.82, 2.24) is 34.2 Å². The lowest BCUT2D eigenvalue weighted by molar-refractivity contribution is -0.125. The van der Waals surface area contributed by atoms with Crippen LogP contribution in [-0.2, 0) is 14.3 Å². The maximum absolute atomic E-state index is 12.9. The van der Waals surface area contributed by atoms with Gasteiger partial charge in [0.1, 0.15) is 6.33 Å². The third-order valence-corrected chi connectivity index (χ3v) is 6.64. The van der Waals surface area contributed by atoms with Gasteiger partial charge in [0, 0.05) is 26.2 Å². The summed E-state index contributed by atoms with van der Waals surface area (Å²) >= 11 is 0. The number of carbonyl (C=O) groups excluding carboxylic acids is 2. The molecule has 3 N–H and O–H groups in total. The van der Waals surface area contributed by atoms with Crippen LogP contribution in [0.15, 0.2) is 31.4 Å². The largest absolute Gasteiger partial charge is 0.378 e. The van der Waals surface area contributed by atoms with Crippen LogP contribution in [0.3, 0.4) is 0 Å². The van der Waals surface area contributed by atoms with E-state index in [0.29, 0.717) is 59.6 Å². The van der Waals surface area contributed by atoms with Gasteiger partial charge in [-0.15, -0.1) is 0 Å². The summed E-state index contributed by atoms with van der Waals surface area (Å²) in [6.45, 7) is 4.79. The molecular weight excluding hydrogens is 502 g/mol. The van der Waals surface area contributed by atoms with Crippen molar-refractivity contribution in [3.05, 3.63) is 31.4 Å². The minimum Gasteiger partial charge on any atom is -0.378 e. The van der Waals surface area contributed by atoms with Gasteiger partial charge in [-0.05, 0) is 24.3 Å². The van der Waals surface area contributed by atoms with E-state index in [1.165, 1.54) is 35.8 Å². The first-order valence-corrected chi connectivity index (χ1v) is 12.2. The normalized spacial score (nSPS) is 20.2. The average Bonchev–Trinajstić information content (AvgIpc) is 3.32. The van der Waals surface area contributed by atoms with E-state index in [2.05, 4.69) is 31.9 Å². The molecule has 2 unspecified atom stereocenters. The quantitative estimate of drug-likeness (QED) is 0.423. The number of nitrogens with one attached hydrogen (secondary N) is 1. The smallest absolute Gasteiger partial charge is 0.333 e. The molecule has 3 aromatic rings. The highest BCUT2D eigenvalue weighted by Gasteiger charge is 2.45. The summed E-state index contributed by atoms with van der Waals surface area (Å²) < 4.78 is 33.1. The highest BCUT2D eigenvalue weighted by Crippen LogP contribution is 2.44. The maximum Gasteiger partial charge on any atom is 0.333 e. The number of halogens is 2. The van der Waals surface area contributed by atoms with Crippen molar-refractivity contribution in [3.8, 4) is 5.69 Å². The Morgan fingerprint density at radius 1 is 1.24 bits per heavy atom. The molecule has 1 aliphatic carbocycles. The minimum atomic E-state index is -2.75. The molecule has 1 saturated carbocycles. The Kier molecular flexibility index (Phi) is 7.18. The van der Waals surface area contributed by atoms with Gasteiger partial charge < -0.3 is 25.6 Å². The molecule has 2 saturated heterocycles. The first kappa shape index (κ1) is 25.5. The number of carbonyl (C=O) groups is 2. The Hall–Kier alpha value is -4.14. The van der Waals surface area contributed by atoms with E-state index < -0.39 is 12.5 Å². The van der Waals surface area contributed by atoms with Gasteiger partial charge in [0.25, 0.3) is 0 Å². The Bertz CT molecular complexity index is 1330. The van der Waals surface area contributed by atoms with E-state index in [4.69, 9.17) is 10.5 Å². The molecule has 5 heterocycles. The molecule has 0 aromatic carbocycles. The Labute approximate surface area is 216 Å². The predicted molar refractivity (Wildman–Crippen MR) is 133 cm³/mol. The van der Waals surface area contributed by atoms with Crippen LogP contribution in [0.2, 0.25) is 0 Å². The van der Waals surface area contributed by atoms with Crippen LogP contribution in [0.5, 0.6) is 0 Å². The van der Waals surface area contributed by atoms with E-state index >= 15 is 0 Å². The highest BCUT2D eigenvalue weighted by molar-refractivity contribution is 5.88. The van der Waals surface area contributed by atoms with Crippen LogP contribution < -0.4 is 16.0 Å². The number of aromatic nitrogens is 6. The van der Waals surface area contributed by atoms with Crippen LogP contribution in [0, 0.1) is 11.8 Å². The second-order valence-corrected chi connectivity index (χ2v) is 9.24. The molecule has 3 fully saturated rings. The molecule has 0 spiro atoms. The van der Waals surface area contributed by atoms with Crippen molar-refractivity contribution in [2.45, 2.75) is 13.0 Å². The number of amides is 2. The summed E-state index contributed by atoms with van der Waals surface area (Å²) in [7, 11) is 0. The number of imidazole rings is 1. The summed E-state index contributed by atoms with van der Waals surface area (Å²) in [5.41, 5.74) is 6.35. The number of morpholine rings is 1. The summed E-state index contributed by atoms with van der Waals surface area (Å²) in [5.74, 6) is 1.95. The summed E-state index contributed by atoms with van der Waals surface area (Å²) in [4.78, 5) is 39.3. The SMILES string of the molecule is C=CC(=O)N1CC2CC2C1.NC(=O)CNc1nc(N2CCOCC2)nc2c1ncn2-c1cnn(C(F)F)c1. The molecule has 3 aliphatic rings. The fraction of sp³-hybridized carbons (Fsp3) is 0.478. The maximum atomic E-state index is 12.9. The number of primary amides is 1. The lowest BCUT2D eigenvalue weighted by Crippen LogP contribution is -2.37. The van der Waals surface area contributed by atoms with Crippen molar-refractivity contribution in [1.29, 1.82) is 0 Å². The van der Waals surface area contributed by atoms with Gasteiger partial charge in [0.2, 0.25) is 17.8 Å². The molecule has 2 amide bonds. The second kappa shape index (κ2) is 10.7. The van der Waals surface area contributed by atoms with Crippen molar-refractivity contribution in [2.24, 2.45) is 17.6 Å². The molecular formula is C23H28F2N10O3. The van der Waals surface area contributed by atoms with Gasteiger partial charge in [0.15, 0.2) is 17.0 Å². The van der Waals surface area contributed by atoms with Gasteiger partial charge >= 0.3 is 6.55 Å².